The van der Waals surface area contributed by atoms with E-state index in [0.29, 0.717) is 60.8 Å². The van der Waals surface area contributed by atoms with Crippen molar-refractivity contribution in [2.24, 2.45) is 11.8 Å². The average Bonchev–Trinajstić information content (AvgIpc) is 4.49. The zero-order valence-electron chi connectivity index (χ0n) is 43.9. The molecular weight excluding hydrogens is 1100 g/mol. The molecule has 3 aliphatic carbocycles. The summed E-state index contributed by atoms with van der Waals surface area (Å²) in [4.78, 5) is 89.9. The van der Waals surface area contributed by atoms with Crippen molar-refractivity contribution in [1.82, 2.24) is 35.1 Å². The number of hydrogen-bond acceptors (Lipinski definition) is 16. The van der Waals surface area contributed by atoms with Crippen LogP contribution in [0.1, 0.15) is 77.0 Å². The molecule has 2 aromatic carbocycles. The van der Waals surface area contributed by atoms with Gasteiger partial charge in [0, 0.05) is 35.4 Å². The third-order valence-corrected chi connectivity index (χ3v) is 17.7. The number of methoxy groups -OCH3 is 2. The number of halogens is 2. The number of aliphatic carboxylic acids is 1. The lowest BCUT2D eigenvalue weighted by Crippen LogP contribution is -2.56. The quantitative estimate of drug-likeness (QED) is 0.0957. The fourth-order valence-corrected chi connectivity index (χ4v) is 12.5. The first-order valence-electron chi connectivity index (χ1n) is 26.7. The highest BCUT2D eigenvalue weighted by molar-refractivity contribution is 7.91. The van der Waals surface area contributed by atoms with E-state index in [2.05, 4.69) is 25.3 Å². The lowest BCUT2D eigenvalue weighted by molar-refractivity contribution is -0.144. The van der Waals surface area contributed by atoms with Crippen LogP contribution in [0.15, 0.2) is 72.8 Å². The van der Waals surface area contributed by atoms with E-state index in [1.54, 1.807) is 56.7 Å². The van der Waals surface area contributed by atoms with Gasteiger partial charge in [-0.2, -0.15) is 0 Å². The normalized spacial score (nSPS) is 28.6. The highest BCUT2D eigenvalue weighted by Gasteiger charge is 2.63. The van der Waals surface area contributed by atoms with Crippen LogP contribution in [0, 0.1) is 11.8 Å². The summed E-state index contributed by atoms with van der Waals surface area (Å²) in [7, 11) is -0.700. The van der Waals surface area contributed by atoms with Gasteiger partial charge in [-0.25, -0.2) is 32.8 Å². The molecule has 0 bridgehead atoms. The minimum absolute atomic E-state index is 0.0291. The van der Waals surface area contributed by atoms with Crippen LogP contribution in [-0.4, -0.2) is 150 Å². The van der Waals surface area contributed by atoms with Crippen LogP contribution in [0.2, 0.25) is 10.3 Å². The van der Waals surface area contributed by atoms with Crippen LogP contribution in [-0.2, 0) is 38.7 Å². The Bertz CT molecular complexity index is 3290. The first kappa shape index (κ1) is 56.2. The number of rotatable bonds is 10. The van der Waals surface area contributed by atoms with Gasteiger partial charge in [0.1, 0.15) is 57.2 Å². The summed E-state index contributed by atoms with van der Waals surface area (Å²) in [5, 5.41) is 18.1. The van der Waals surface area contributed by atoms with Crippen molar-refractivity contribution in [1.29, 1.82) is 0 Å². The van der Waals surface area contributed by atoms with E-state index in [1.807, 2.05) is 30.4 Å². The van der Waals surface area contributed by atoms with E-state index in [0.717, 1.165) is 30.0 Å². The molecule has 5 fully saturated rings. The summed E-state index contributed by atoms with van der Waals surface area (Å²) >= 11 is 12.5. The zero-order valence-corrected chi connectivity index (χ0v) is 46.2. The molecular formula is C55H61Cl2N7O15S. The number of pyridine rings is 2. The standard InChI is InChI=1S/C29H33ClN4O8S.C26H28ClN3O7/c1-40-19-7-10-22-17(12-19)13-24(30)31-26(22)42-20-14-23-25(35)32-29(27(36)33-43(38,39)21-8-9-21)15-18(29)6-4-2-3-5-11-41-28(37)34(23)16-20;1-35-17-7-8-19-15(10-17)11-21(27)28-23(19)37-18-12-20-22(31)29-26(24(32)33)13-16(26)6-4-2-3-5-9-36-25(34)30(20)14-18/h4,6-7,10,12-13,18,20-21,23H,2-3,5,8-9,11,14-16H2,1H3,(H,32,35)(H,33,36);4,6-8,10-11,16,18,20H,2-3,5,9,12-14H2,1H3,(H,29,31)(H,32,33)/b2*6-4-/t18-,20-,23+,29-;16-,18-,20+,26-/m11/s1. The van der Waals surface area contributed by atoms with Crippen LogP contribution in [0.25, 0.3) is 21.5 Å². The number of sulfonamides is 1. The van der Waals surface area contributed by atoms with E-state index in [1.165, 1.54) is 9.80 Å². The van der Waals surface area contributed by atoms with Crippen LogP contribution >= 0.6 is 23.2 Å². The summed E-state index contributed by atoms with van der Waals surface area (Å²) in [5.41, 5.74) is -2.80. The number of carboxylic acid groups (broad SMARTS) is 1. The Balaban J connectivity index is 0.000000182. The highest BCUT2D eigenvalue weighted by Crippen LogP contribution is 2.47. The number of allylic oxidation sites excluding steroid dienone is 2. The van der Waals surface area contributed by atoms with Crippen molar-refractivity contribution in [2.75, 3.05) is 40.5 Å². The highest BCUT2D eigenvalue weighted by atomic mass is 35.5. The van der Waals surface area contributed by atoms with Gasteiger partial charge in [0.2, 0.25) is 33.6 Å². The van der Waals surface area contributed by atoms with Crippen molar-refractivity contribution < 1.29 is 70.7 Å². The molecule has 6 heterocycles. The zero-order chi connectivity index (χ0) is 56.5. The van der Waals surface area contributed by atoms with Crippen molar-refractivity contribution in [3.63, 3.8) is 0 Å². The molecule has 4 aliphatic heterocycles. The molecule has 0 unspecified atom stereocenters. The maximum absolute atomic E-state index is 13.8. The average molecular weight is 1160 g/mol. The number of carbonyl (C=O) groups excluding carboxylic acids is 5. The molecule has 22 nitrogen and oxygen atoms in total. The number of carbonyl (C=O) groups is 6. The molecule has 4 N–H and O–H groups in total. The summed E-state index contributed by atoms with van der Waals surface area (Å²) in [6.07, 6.45) is 11.1. The maximum atomic E-state index is 13.8. The Kier molecular flexibility index (Phi) is 16.3. The number of amides is 5. The number of nitrogens with zero attached hydrogens (tertiary/aromatic N) is 4. The van der Waals surface area contributed by atoms with Crippen molar-refractivity contribution >= 4 is 90.6 Å². The van der Waals surface area contributed by atoms with Gasteiger partial charge < -0.3 is 44.2 Å². The molecule has 25 heteroatoms. The van der Waals surface area contributed by atoms with E-state index in [-0.39, 0.29) is 79.5 Å². The van der Waals surface area contributed by atoms with E-state index in [9.17, 15) is 42.3 Å². The summed E-state index contributed by atoms with van der Waals surface area (Å²) in [5.74, 6) is -1.87. The molecule has 5 amide bonds. The van der Waals surface area contributed by atoms with Gasteiger partial charge in [-0.15, -0.1) is 0 Å². The van der Waals surface area contributed by atoms with Crippen molar-refractivity contribution in [3.05, 3.63) is 83.1 Å². The third-order valence-electron chi connectivity index (χ3n) is 15.5. The smallest absolute Gasteiger partial charge is 0.410 e. The first-order valence-corrected chi connectivity index (χ1v) is 29.0. The molecule has 11 rings (SSSR count). The minimum Gasteiger partial charge on any atom is -0.497 e. The van der Waals surface area contributed by atoms with Crippen LogP contribution < -0.4 is 34.3 Å². The van der Waals surface area contributed by atoms with Crippen molar-refractivity contribution in [3.8, 4) is 23.3 Å². The van der Waals surface area contributed by atoms with E-state index in [4.69, 9.17) is 51.6 Å². The Hall–Kier alpha value is -7.11. The molecule has 3 saturated carbocycles. The number of hydrogen-bond donors (Lipinski definition) is 4. The molecule has 80 heavy (non-hydrogen) atoms. The summed E-state index contributed by atoms with van der Waals surface area (Å²) in [6, 6.07) is 12.1. The fourth-order valence-electron chi connectivity index (χ4n) is 10.7. The summed E-state index contributed by atoms with van der Waals surface area (Å²) < 4.78 is 61.3. The van der Waals surface area contributed by atoms with Gasteiger partial charge in [-0.05, 0) is 124 Å². The molecule has 8 atom stereocenters. The molecule has 2 aromatic heterocycles. The predicted octanol–water partition coefficient (Wildman–Crippen LogP) is 6.63. The van der Waals surface area contributed by atoms with Gasteiger partial charge in [-0.3, -0.25) is 28.9 Å². The van der Waals surface area contributed by atoms with Crippen LogP contribution in [0.4, 0.5) is 9.59 Å². The number of cyclic esters (lactones) is 2. The van der Waals surface area contributed by atoms with Gasteiger partial charge in [0.15, 0.2) is 0 Å². The number of fused-ring (bicyclic) bond motifs is 6. The predicted molar refractivity (Wildman–Crippen MR) is 290 cm³/mol. The monoisotopic (exact) mass is 1160 g/mol. The SMILES string of the molecule is COc1ccc2c(O[C@@H]3C[C@H]4C(=O)N[C@]5(C(=O)NS(=O)(=O)C6CC6)C[C@H]5/C=C\CCCCOC(=O)N4C3)nc(Cl)cc2c1.COc1ccc2c(O[C@@H]3C[C@H]4C(=O)N[C@]5(C(=O)O)C[C@H]5/C=C\CCCCOC(=O)N4C3)nc(Cl)cc2c1. The van der Waals surface area contributed by atoms with Crippen molar-refractivity contribution in [2.45, 2.75) is 118 Å². The maximum Gasteiger partial charge on any atom is 0.410 e. The lowest BCUT2D eigenvalue weighted by Gasteiger charge is -2.26. The minimum atomic E-state index is -3.83. The first-order chi connectivity index (χ1) is 38.4. The Morgan fingerprint density at radius 1 is 0.700 bits per heavy atom. The topological polar surface area (TPSA) is 281 Å². The van der Waals surface area contributed by atoms with Gasteiger partial charge in [-0.1, -0.05) is 47.5 Å². The van der Waals surface area contributed by atoms with Gasteiger partial charge >= 0.3 is 18.2 Å². The second-order valence-electron chi connectivity index (χ2n) is 21.1. The Labute approximate surface area is 470 Å². The third kappa shape index (κ3) is 12.1. The molecule has 7 aliphatic rings. The fraction of sp³-hybridized carbons (Fsp3) is 0.491. The van der Waals surface area contributed by atoms with Gasteiger partial charge in [0.25, 0.3) is 5.91 Å². The molecule has 426 valence electrons. The second-order valence-corrected chi connectivity index (χ2v) is 23.8. The Morgan fingerprint density at radius 2 is 1.16 bits per heavy atom. The number of ether oxygens (including phenoxy) is 6. The molecule has 2 saturated heterocycles. The number of nitrogens with one attached hydrogen (secondary N) is 3. The Morgan fingerprint density at radius 3 is 1.62 bits per heavy atom. The van der Waals surface area contributed by atoms with Crippen LogP contribution in [0.5, 0.6) is 23.3 Å². The summed E-state index contributed by atoms with van der Waals surface area (Å²) in [6.45, 7) is 0.529. The lowest BCUT2D eigenvalue weighted by atomic mass is 10.1. The second kappa shape index (κ2) is 23.2. The van der Waals surface area contributed by atoms with E-state index < -0.39 is 86.5 Å². The molecule has 0 spiro atoms. The van der Waals surface area contributed by atoms with E-state index >= 15 is 0 Å². The number of aromatic nitrogens is 2. The molecule has 0 radical (unpaired) electrons. The number of benzene rings is 2. The van der Waals surface area contributed by atoms with Gasteiger partial charge in [0.05, 0.1) is 45.8 Å². The number of carboxylic acids is 1. The van der Waals surface area contributed by atoms with Crippen LogP contribution in [0.3, 0.4) is 0 Å². The largest absolute Gasteiger partial charge is 0.497 e. The molecule has 4 aromatic rings.